The first-order chi connectivity index (χ1) is 9.31. The molecular formula is C12H13F2NO4S. The summed E-state index contributed by atoms with van der Waals surface area (Å²) >= 11 is 0. The van der Waals surface area contributed by atoms with E-state index in [1.807, 2.05) is 0 Å². The lowest BCUT2D eigenvalue weighted by molar-refractivity contribution is 0.0697. The summed E-state index contributed by atoms with van der Waals surface area (Å²) in [6.45, 7) is 0. The highest BCUT2D eigenvalue weighted by atomic mass is 32.2. The third-order valence-corrected chi connectivity index (χ3v) is 5.14. The molecule has 1 aromatic rings. The number of carbonyl (C=O) groups is 1. The van der Waals surface area contributed by atoms with Crippen molar-refractivity contribution in [3.8, 4) is 0 Å². The lowest BCUT2D eigenvalue weighted by Gasteiger charge is -2.15. The van der Waals surface area contributed by atoms with Gasteiger partial charge in [0.05, 0.1) is 16.5 Å². The van der Waals surface area contributed by atoms with Gasteiger partial charge in [-0.1, -0.05) is 12.8 Å². The van der Waals surface area contributed by atoms with Crippen LogP contribution in [0.1, 0.15) is 36.0 Å². The number of carboxylic acids is 1. The van der Waals surface area contributed by atoms with Crippen molar-refractivity contribution in [3.05, 3.63) is 29.3 Å². The summed E-state index contributed by atoms with van der Waals surface area (Å²) in [6.07, 6.45) is 2.49. The van der Waals surface area contributed by atoms with Gasteiger partial charge in [-0.2, -0.15) is 0 Å². The average molecular weight is 305 g/mol. The fraction of sp³-hybridized carbons (Fsp3) is 0.417. The third kappa shape index (κ3) is 2.90. The fourth-order valence-corrected chi connectivity index (χ4v) is 3.84. The average Bonchev–Trinajstić information content (AvgIpc) is 2.87. The molecule has 0 amide bonds. The Morgan fingerprint density at radius 1 is 1.20 bits per heavy atom. The van der Waals surface area contributed by atoms with Crippen molar-refractivity contribution in [1.29, 1.82) is 0 Å². The zero-order valence-electron chi connectivity index (χ0n) is 10.4. The Kier molecular flexibility index (Phi) is 3.94. The molecule has 0 aromatic heterocycles. The van der Waals surface area contributed by atoms with Gasteiger partial charge in [-0.25, -0.2) is 22.0 Å². The quantitative estimate of drug-likeness (QED) is 0.894. The molecule has 0 unspecified atom stereocenters. The van der Waals surface area contributed by atoms with Crippen LogP contribution < -0.4 is 4.72 Å². The van der Waals surface area contributed by atoms with Crippen LogP contribution in [-0.2, 0) is 10.0 Å². The van der Waals surface area contributed by atoms with Gasteiger partial charge in [-0.05, 0) is 18.9 Å². The number of hydrogen-bond donors (Lipinski definition) is 2. The highest BCUT2D eigenvalue weighted by Gasteiger charge is 2.30. The lowest BCUT2D eigenvalue weighted by Crippen LogP contribution is -2.26. The van der Waals surface area contributed by atoms with Gasteiger partial charge >= 0.3 is 5.97 Å². The van der Waals surface area contributed by atoms with Crippen molar-refractivity contribution >= 4 is 21.7 Å². The second-order valence-electron chi connectivity index (χ2n) is 4.67. The van der Waals surface area contributed by atoms with Gasteiger partial charge < -0.3 is 5.11 Å². The van der Waals surface area contributed by atoms with Crippen molar-refractivity contribution in [1.82, 2.24) is 0 Å². The van der Waals surface area contributed by atoms with Gasteiger partial charge in [0.2, 0.25) is 10.0 Å². The number of nitrogens with one attached hydrogen (secondary N) is 1. The molecule has 0 aliphatic heterocycles. The molecule has 0 atom stereocenters. The smallest absolute Gasteiger partial charge is 0.337 e. The van der Waals surface area contributed by atoms with Crippen LogP contribution in [0.4, 0.5) is 14.5 Å². The molecule has 20 heavy (non-hydrogen) atoms. The van der Waals surface area contributed by atoms with E-state index in [4.69, 9.17) is 5.11 Å². The van der Waals surface area contributed by atoms with E-state index in [2.05, 4.69) is 4.72 Å². The Labute approximate surface area is 114 Å². The molecule has 1 fully saturated rings. The van der Waals surface area contributed by atoms with Crippen molar-refractivity contribution in [2.75, 3.05) is 4.72 Å². The zero-order chi connectivity index (χ0) is 14.9. The lowest BCUT2D eigenvalue weighted by atomic mass is 10.2. The number of hydrogen-bond acceptors (Lipinski definition) is 3. The van der Waals surface area contributed by atoms with E-state index in [0.717, 1.165) is 12.8 Å². The van der Waals surface area contributed by atoms with Gasteiger partial charge in [0.1, 0.15) is 0 Å². The summed E-state index contributed by atoms with van der Waals surface area (Å²) in [7, 11) is -3.80. The molecule has 0 heterocycles. The Bertz CT molecular complexity index is 639. The molecule has 110 valence electrons. The van der Waals surface area contributed by atoms with Gasteiger partial charge in [0.25, 0.3) is 0 Å². The van der Waals surface area contributed by atoms with Crippen LogP contribution in [0.15, 0.2) is 12.1 Å². The summed E-state index contributed by atoms with van der Waals surface area (Å²) in [4.78, 5) is 11.0. The Balaban J connectivity index is 2.37. The molecule has 0 saturated heterocycles. The van der Waals surface area contributed by atoms with E-state index in [-0.39, 0.29) is 0 Å². The minimum atomic E-state index is -3.80. The number of anilines is 1. The summed E-state index contributed by atoms with van der Waals surface area (Å²) in [5.74, 6) is -4.18. The van der Waals surface area contributed by atoms with E-state index in [1.54, 1.807) is 0 Å². The number of halogens is 2. The molecule has 0 radical (unpaired) electrons. The molecule has 2 N–H and O–H groups in total. The first-order valence-electron chi connectivity index (χ1n) is 6.05. The minimum Gasteiger partial charge on any atom is -0.478 e. The second-order valence-corrected chi connectivity index (χ2v) is 6.63. The minimum absolute atomic E-state index is 0.455. The Morgan fingerprint density at radius 2 is 1.75 bits per heavy atom. The van der Waals surface area contributed by atoms with Crippen LogP contribution in [-0.4, -0.2) is 24.7 Å². The third-order valence-electron chi connectivity index (χ3n) is 3.28. The molecule has 1 aromatic carbocycles. The number of rotatable bonds is 4. The standard InChI is InChI=1S/C12H13F2NO4S/c13-9-5-8(12(16)17)11(6-10(9)14)15-20(18,19)7-3-1-2-4-7/h5-7,15H,1-4H2,(H,16,17). The van der Waals surface area contributed by atoms with E-state index in [0.29, 0.717) is 25.0 Å². The number of sulfonamides is 1. The SMILES string of the molecule is O=C(O)c1cc(F)c(F)cc1NS(=O)(=O)C1CCCC1. The van der Waals surface area contributed by atoms with Gasteiger partial charge in [-0.15, -0.1) is 0 Å². The number of benzene rings is 1. The maximum absolute atomic E-state index is 13.2. The zero-order valence-corrected chi connectivity index (χ0v) is 11.2. The Hall–Kier alpha value is -1.70. The molecule has 8 heteroatoms. The largest absolute Gasteiger partial charge is 0.478 e. The summed E-state index contributed by atoms with van der Waals surface area (Å²) < 4.78 is 52.4. The van der Waals surface area contributed by atoms with Crippen LogP contribution >= 0.6 is 0 Å². The molecule has 5 nitrogen and oxygen atoms in total. The highest BCUT2D eigenvalue weighted by molar-refractivity contribution is 7.93. The highest BCUT2D eigenvalue weighted by Crippen LogP contribution is 2.28. The molecule has 0 bridgehead atoms. The molecule has 2 rings (SSSR count). The van der Waals surface area contributed by atoms with Crippen molar-refractivity contribution in [2.24, 2.45) is 0 Å². The van der Waals surface area contributed by atoms with E-state index in [9.17, 15) is 22.0 Å². The second kappa shape index (κ2) is 5.35. The summed E-state index contributed by atoms with van der Waals surface area (Å²) in [6, 6.07) is 1.01. The van der Waals surface area contributed by atoms with Crippen LogP contribution in [0.2, 0.25) is 0 Å². The van der Waals surface area contributed by atoms with E-state index < -0.39 is 44.1 Å². The van der Waals surface area contributed by atoms with Crippen molar-refractivity contribution < 1.29 is 27.1 Å². The summed E-state index contributed by atoms with van der Waals surface area (Å²) in [5.41, 5.74) is -1.08. The van der Waals surface area contributed by atoms with Gasteiger partial charge in [0.15, 0.2) is 11.6 Å². The first-order valence-corrected chi connectivity index (χ1v) is 7.60. The molecule has 1 aliphatic rings. The maximum Gasteiger partial charge on any atom is 0.337 e. The predicted octanol–water partition coefficient (Wildman–Crippen LogP) is 2.35. The molecule has 0 spiro atoms. The van der Waals surface area contributed by atoms with E-state index >= 15 is 0 Å². The summed E-state index contributed by atoms with van der Waals surface area (Å²) in [5, 5.41) is 8.29. The number of aromatic carboxylic acids is 1. The van der Waals surface area contributed by atoms with Crippen LogP contribution in [0.25, 0.3) is 0 Å². The van der Waals surface area contributed by atoms with E-state index in [1.165, 1.54) is 0 Å². The van der Waals surface area contributed by atoms with Crippen LogP contribution in [0.5, 0.6) is 0 Å². The maximum atomic E-state index is 13.2. The fourth-order valence-electron chi connectivity index (χ4n) is 2.24. The molecule has 1 saturated carbocycles. The number of carboxylic acid groups (broad SMARTS) is 1. The monoisotopic (exact) mass is 305 g/mol. The normalized spacial score (nSPS) is 16.3. The van der Waals surface area contributed by atoms with Crippen LogP contribution in [0.3, 0.4) is 0 Å². The topological polar surface area (TPSA) is 83.5 Å². The molecule has 1 aliphatic carbocycles. The predicted molar refractivity (Wildman–Crippen MR) is 68.1 cm³/mol. The van der Waals surface area contributed by atoms with Crippen molar-refractivity contribution in [2.45, 2.75) is 30.9 Å². The van der Waals surface area contributed by atoms with Gasteiger partial charge in [0, 0.05) is 6.07 Å². The van der Waals surface area contributed by atoms with Crippen LogP contribution in [0, 0.1) is 11.6 Å². The molecular weight excluding hydrogens is 292 g/mol. The van der Waals surface area contributed by atoms with Crippen molar-refractivity contribution in [3.63, 3.8) is 0 Å². The first kappa shape index (κ1) is 14.7. The van der Waals surface area contributed by atoms with Gasteiger partial charge in [-0.3, -0.25) is 4.72 Å². The Morgan fingerprint density at radius 3 is 2.30 bits per heavy atom.